The Morgan fingerprint density at radius 1 is 0.667 bits per heavy atom. The van der Waals surface area contributed by atoms with Gasteiger partial charge in [0.2, 0.25) is 5.91 Å². The Morgan fingerprint density at radius 3 is 1.33 bits per heavy atom. The molecular formula is C19H39NO. The fraction of sp³-hybridized carbons (Fsp3) is 0.947. The molecule has 0 bridgehead atoms. The third-order valence-corrected chi connectivity index (χ3v) is 4.46. The molecule has 0 fully saturated rings. The zero-order chi connectivity index (χ0) is 15.8. The maximum atomic E-state index is 11.5. The molecule has 0 aliphatic heterocycles. The number of rotatable bonds is 16. The first-order valence-corrected chi connectivity index (χ1v) is 9.51. The molecule has 0 aromatic rings. The van der Waals surface area contributed by atoms with Crippen molar-refractivity contribution in [3.63, 3.8) is 0 Å². The summed E-state index contributed by atoms with van der Waals surface area (Å²) in [6.45, 7) is 4.49. The lowest BCUT2D eigenvalue weighted by atomic mass is 9.93. The highest BCUT2D eigenvalue weighted by Crippen LogP contribution is 2.19. The average molecular weight is 298 g/mol. The van der Waals surface area contributed by atoms with E-state index in [1.54, 1.807) is 0 Å². The second kappa shape index (κ2) is 15.9. The van der Waals surface area contributed by atoms with E-state index in [0.29, 0.717) is 0 Å². The fourth-order valence-corrected chi connectivity index (χ4v) is 2.95. The lowest BCUT2D eigenvalue weighted by Gasteiger charge is -2.13. The van der Waals surface area contributed by atoms with Gasteiger partial charge < -0.3 is 5.73 Å². The quantitative estimate of drug-likeness (QED) is 0.350. The highest BCUT2D eigenvalue weighted by atomic mass is 16.1. The lowest BCUT2D eigenvalue weighted by molar-refractivity contribution is -0.122. The van der Waals surface area contributed by atoms with Crippen LogP contribution in [0.25, 0.3) is 0 Å². The second-order valence-electron chi connectivity index (χ2n) is 6.57. The summed E-state index contributed by atoms with van der Waals surface area (Å²) in [4.78, 5) is 11.5. The van der Waals surface area contributed by atoms with Crippen LogP contribution in [0.4, 0.5) is 0 Å². The molecule has 126 valence electrons. The molecule has 1 atom stereocenters. The Hall–Kier alpha value is -0.530. The summed E-state index contributed by atoms with van der Waals surface area (Å²) in [5.74, 6) is 0.0557. The van der Waals surface area contributed by atoms with Gasteiger partial charge in [-0.25, -0.2) is 0 Å². The van der Waals surface area contributed by atoms with E-state index in [1.807, 2.05) is 0 Å². The number of hydrogen-bond acceptors (Lipinski definition) is 1. The van der Waals surface area contributed by atoms with Crippen molar-refractivity contribution >= 4 is 5.91 Å². The molecule has 2 nitrogen and oxygen atoms in total. The molecule has 21 heavy (non-hydrogen) atoms. The van der Waals surface area contributed by atoms with Crippen LogP contribution in [-0.4, -0.2) is 5.91 Å². The van der Waals surface area contributed by atoms with Gasteiger partial charge in [0.25, 0.3) is 0 Å². The first-order valence-electron chi connectivity index (χ1n) is 9.51. The number of carbonyl (C=O) groups is 1. The molecule has 0 aliphatic rings. The summed E-state index contributed by atoms with van der Waals surface area (Å²) in [7, 11) is 0. The van der Waals surface area contributed by atoms with Crippen LogP contribution in [0.1, 0.15) is 110 Å². The van der Waals surface area contributed by atoms with Crippen molar-refractivity contribution in [1.29, 1.82) is 0 Å². The van der Waals surface area contributed by atoms with E-state index >= 15 is 0 Å². The molecule has 0 rings (SSSR count). The summed E-state index contributed by atoms with van der Waals surface area (Å²) in [5, 5.41) is 0. The molecule has 0 saturated carbocycles. The molecule has 2 heteroatoms. The van der Waals surface area contributed by atoms with E-state index in [1.165, 1.54) is 83.5 Å². The smallest absolute Gasteiger partial charge is 0.220 e. The number of amides is 1. The molecule has 0 heterocycles. The van der Waals surface area contributed by atoms with Gasteiger partial charge in [0.15, 0.2) is 0 Å². The van der Waals surface area contributed by atoms with E-state index in [4.69, 9.17) is 5.73 Å². The van der Waals surface area contributed by atoms with Crippen molar-refractivity contribution < 1.29 is 4.79 Å². The topological polar surface area (TPSA) is 43.1 Å². The van der Waals surface area contributed by atoms with E-state index in [2.05, 4.69) is 13.8 Å². The van der Waals surface area contributed by atoms with Gasteiger partial charge in [0, 0.05) is 5.92 Å². The highest BCUT2D eigenvalue weighted by molar-refractivity contribution is 5.76. The van der Waals surface area contributed by atoms with Crippen molar-refractivity contribution in [3.05, 3.63) is 0 Å². The van der Waals surface area contributed by atoms with Crippen LogP contribution in [-0.2, 0) is 4.79 Å². The van der Waals surface area contributed by atoms with Gasteiger partial charge in [0.05, 0.1) is 0 Å². The molecule has 0 aliphatic carbocycles. The first-order chi connectivity index (χ1) is 10.2. The molecular weight excluding hydrogens is 258 g/mol. The van der Waals surface area contributed by atoms with Gasteiger partial charge in [-0.05, 0) is 12.8 Å². The van der Waals surface area contributed by atoms with Gasteiger partial charge in [-0.3, -0.25) is 4.79 Å². The Balaban J connectivity index is 3.50. The van der Waals surface area contributed by atoms with Crippen LogP contribution in [0.3, 0.4) is 0 Å². The number of nitrogens with two attached hydrogens (primary N) is 1. The van der Waals surface area contributed by atoms with Crippen molar-refractivity contribution in [2.24, 2.45) is 11.7 Å². The van der Waals surface area contributed by atoms with E-state index in [9.17, 15) is 4.79 Å². The minimum Gasteiger partial charge on any atom is -0.369 e. The zero-order valence-corrected chi connectivity index (χ0v) is 14.7. The number of hydrogen-bond donors (Lipinski definition) is 1. The molecule has 0 aromatic carbocycles. The third-order valence-electron chi connectivity index (χ3n) is 4.46. The van der Waals surface area contributed by atoms with Crippen LogP contribution in [0.2, 0.25) is 0 Å². The average Bonchev–Trinajstić information content (AvgIpc) is 2.47. The molecule has 1 unspecified atom stereocenters. The van der Waals surface area contributed by atoms with Gasteiger partial charge in [-0.1, -0.05) is 97.3 Å². The van der Waals surface area contributed by atoms with Gasteiger partial charge >= 0.3 is 0 Å². The predicted molar refractivity (Wildman–Crippen MR) is 93.3 cm³/mol. The summed E-state index contributed by atoms with van der Waals surface area (Å²) in [6.07, 6.45) is 18.9. The highest BCUT2D eigenvalue weighted by Gasteiger charge is 2.14. The summed E-state index contributed by atoms with van der Waals surface area (Å²) in [5.41, 5.74) is 5.53. The Labute approximate surface area is 133 Å². The number of primary amides is 1. The van der Waals surface area contributed by atoms with Gasteiger partial charge in [-0.2, -0.15) is 0 Å². The van der Waals surface area contributed by atoms with Crippen LogP contribution in [0.15, 0.2) is 0 Å². The maximum Gasteiger partial charge on any atom is 0.220 e. The first kappa shape index (κ1) is 20.5. The second-order valence-corrected chi connectivity index (χ2v) is 6.57. The van der Waals surface area contributed by atoms with Crippen molar-refractivity contribution in [3.8, 4) is 0 Å². The molecule has 0 spiro atoms. The molecule has 0 aromatic heterocycles. The maximum absolute atomic E-state index is 11.5. The molecule has 1 amide bonds. The molecule has 0 saturated heterocycles. The van der Waals surface area contributed by atoms with Crippen molar-refractivity contribution in [2.75, 3.05) is 0 Å². The Morgan fingerprint density at radius 2 is 1.00 bits per heavy atom. The lowest BCUT2D eigenvalue weighted by Crippen LogP contribution is -2.23. The van der Waals surface area contributed by atoms with E-state index in [-0.39, 0.29) is 11.8 Å². The minimum absolute atomic E-state index is 0.0755. The van der Waals surface area contributed by atoms with Crippen LogP contribution in [0.5, 0.6) is 0 Å². The molecule has 2 N–H and O–H groups in total. The minimum atomic E-state index is -0.0755. The summed E-state index contributed by atoms with van der Waals surface area (Å²) in [6, 6.07) is 0. The van der Waals surface area contributed by atoms with Crippen molar-refractivity contribution in [2.45, 2.75) is 110 Å². The Kier molecular flexibility index (Phi) is 15.5. The van der Waals surface area contributed by atoms with Crippen molar-refractivity contribution in [1.82, 2.24) is 0 Å². The van der Waals surface area contributed by atoms with Crippen LogP contribution >= 0.6 is 0 Å². The zero-order valence-electron chi connectivity index (χ0n) is 14.7. The van der Waals surface area contributed by atoms with E-state index < -0.39 is 0 Å². The van der Waals surface area contributed by atoms with Gasteiger partial charge in [-0.15, -0.1) is 0 Å². The monoisotopic (exact) mass is 297 g/mol. The summed E-state index contributed by atoms with van der Waals surface area (Å²) < 4.78 is 0. The largest absolute Gasteiger partial charge is 0.369 e. The fourth-order valence-electron chi connectivity index (χ4n) is 2.95. The SMILES string of the molecule is CCCCCCCCCCC(CCCCCCC)C(N)=O. The number of unbranched alkanes of at least 4 members (excludes halogenated alkanes) is 11. The standard InChI is InChI=1S/C19H39NO/c1-3-5-7-9-10-11-13-15-17-18(19(20)21)16-14-12-8-6-4-2/h18H,3-17H2,1-2H3,(H2,20,21). The normalized spacial score (nSPS) is 12.5. The predicted octanol–water partition coefficient (Wildman–Crippen LogP) is 5.98. The Bertz CT molecular complexity index is 228. The van der Waals surface area contributed by atoms with Crippen LogP contribution in [0, 0.1) is 5.92 Å². The molecule has 0 radical (unpaired) electrons. The van der Waals surface area contributed by atoms with Crippen LogP contribution < -0.4 is 5.73 Å². The summed E-state index contributed by atoms with van der Waals surface area (Å²) >= 11 is 0. The van der Waals surface area contributed by atoms with E-state index in [0.717, 1.165) is 12.8 Å². The number of carbonyl (C=O) groups excluding carboxylic acids is 1. The third kappa shape index (κ3) is 14.2. The van der Waals surface area contributed by atoms with Gasteiger partial charge in [0.1, 0.15) is 0 Å².